The predicted molar refractivity (Wildman–Crippen MR) is 116 cm³/mol. The molecule has 184 valence electrons. The second-order valence-electron chi connectivity index (χ2n) is 6.91. The largest absolute Gasteiger partial charge is 0.510 e. The molecule has 0 bridgehead atoms. The van der Waals surface area contributed by atoms with Crippen molar-refractivity contribution in [2.45, 2.75) is 20.1 Å². The Balaban J connectivity index is 1.61. The third kappa shape index (κ3) is 6.60. The first-order valence-corrected chi connectivity index (χ1v) is 11.6. The molecule has 0 aliphatic rings. The molecule has 0 amide bonds. The maximum Gasteiger partial charge on any atom is 0.510 e. The van der Waals surface area contributed by atoms with Gasteiger partial charge in [-0.3, -0.25) is 18.9 Å². The van der Waals surface area contributed by atoms with Crippen molar-refractivity contribution in [3.8, 4) is 0 Å². The molecule has 0 saturated carbocycles. The number of benzene rings is 1. The Morgan fingerprint density at radius 1 is 1.32 bits per heavy atom. The van der Waals surface area contributed by atoms with E-state index in [-0.39, 0.29) is 36.9 Å². The summed E-state index contributed by atoms with van der Waals surface area (Å²) < 4.78 is 53.2. The van der Waals surface area contributed by atoms with Crippen molar-refractivity contribution < 1.29 is 37.0 Å². The van der Waals surface area contributed by atoms with E-state index in [0.717, 1.165) is 7.11 Å². The number of carbonyl (C=O) groups excluding carboxylic acids is 1. The average molecular weight is 499 g/mol. The molecule has 0 fully saturated rings. The highest BCUT2D eigenvalue weighted by Gasteiger charge is 2.27. The summed E-state index contributed by atoms with van der Waals surface area (Å²) in [5.41, 5.74) is 6.31. The van der Waals surface area contributed by atoms with E-state index >= 15 is 0 Å². The number of fused-ring (bicyclic) bond motifs is 1. The van der Waals surface area contributed by atoms with Crippen LogP contribution in [0.3, 0.4) is 0 Å². The Kier molecular flexibility index (Phi) is 8.34. The molecule has 13 nitrogen and oxygen atoms in total. The van der Waals surface area contributed by atoms with Gasteiger partial charge in [0.05, 0.1) is 26.7 Å². The Labute approximate surface area is 192 Å². The van der Waals surface area contributed by atoms with Gasteiger partial charge in [0.25, 0.3) is 5.56 Å². The lowest BCUT2D eigenvalue weighted by Gasteiger charge is -2.18. The Morgan fingerprint density at radius 2 is 2.12 bits per heavy atom. The summed E-state index contributed by atoms with van der Waals surface area (Å²) in [5, 5.41) is 0. The van der Waals surface area contributed by atoms with Crippen LogP contribution in [0.5, 0.6) is 0 Å². The lowest BCUT2D eigenvalue weighted by molar-refractivity contribution is 0.00267. The molecule has 2 aromatic heterocycles. The maximum absolute atomic E-state index is 13.8. The number of nitrogen functional groups attached to an aromatic ring is 1. The molecule has 0 aliphatic carbocycles. The molecule has 0 saturated heterocycles. The van der Waals surface area contributed by atoms with E-state index in [1.165, 1.54) is 17.0 Å². The summed E-state index contributed by atoms with van der Waals surface area (Å²) in [5.74, 6) is -0.507. The number of H-pyrrole nitrogens is 1. The lowest BCUT2D eigenvalue weighted by atomic mass is 10.1. The molecule has 1 atom stereocenters. The quantitative estimate of drug-likeness (QED) is 0.172. The number of nitrogens with two attached hydrogens (primary N) is 1. The molecule has 3 aromatic rings. The molecule has 0 spiro atoms. The van der Waals surface area contributed by atoms with Crippen molar-refractivity contribution in [1.29, 1.82) is 0 Å². The highest BCUT2D eigenvalue weighted by Crippen LogP contribution is 2.49. The number of carbonyl (C=O) groups is 1. The summed E-state index contributed by atoms with van der Waals surface area (Å²) in [6.45, 7) is 0.846. The second-order valence-corrected chi connectivity index (χ2v) is 8.91. The normalized spacial score (nSPS) is 13.0. The van der Waals surface area contributed by atoms with Crippen LogP contribution in [0.15, 0.2) is 29.3 Å². The van der Waals surface area contributed by atoms with Crippen LogP contribution < -0.4 is 11.3 Å². The van der Waals surface area contributed by atoms with Crippen molar-refractivity contribution in [3.63, 3.8) is 0 Å². The molecule has 34 heavy (non-hydrogen) atoms. The van der Waals surface area contributed by atoms with Gasteiger partial charge in [-0.1, -0.05) is 12.1 Å². The summed E-state index contributed by atoms with van der Waals surface area (Å²) in [4.78, 5) is 33.3. The smallest absolute Gasteiger partial charge is 0.438 e. The van der Waals surface area contributed by atoms with Gasteiger partial charge in [0, 0.05) is 6.54 Å². The number of rotatable bonds is 11. The molecule has 1 aromatic carbocycles. The van der Waals surface area contributed by atoms with Gasteiger partial charge in [0.2, 0.25) is 12.7 Å². The minimum Gasteiger partial charge on any atom is -0.438 e. The van der Waals surface area contributed by atoms with Gasteiger partial charge in [-0.2, -0.15) is 4.98 Å². The molecule has 0 radical (unpaired) electrons. The van der Waals surface area contributed by atoms with E-state index in [4.69, 9.17) is 19.5 Å². The van der Waals surface area contributed by atoms with E-state index < -0.39 is 38.3 Å². The summed E-state index contributed by atoms with van der Waals surface area (Å²) in [6.07, 6.45) is -0.158. The summed E-state index contributed by atoms with van der Waals surface area (Å²) in [6, 6.07) is 4.41. The van der Waals surface area contributed by atoms with Gasteiger partial charge >= 0.3 is 13.8 Å². The molecular formula is C19H23FN5O8P. The van der Waals surface area contributed by atoms with Crippen molar-refractivity contribution in [2.75, 3.05) is 32.6 Å². The summed E-state index contributed by atoms with van der Waals surface area (Å²) >= 11 is 0. The van der Waals surface area contributed by atoms with Crippen LogP contribution >= 0.6 is 7.60 Å². The van der Waals surface area contributed by atoms with Gasteiger partial charge in [-0.05, 0) is 24.1 Å². The molecule has 0 aliphatic heterocycles. The second kappa shape index (κ2) is 11.2. The Hall–Kier alpha value is -3.32. The summed E-state index contributed by atoms with van der Waals surface area (Å²) in [7, 11) is -2.84. The van der Waals surface area contributed by atoms with Crippen LogP contribution in [0.4, 0.5) is 15.1 Å². The van der Waals surface area contributed by atoms with Gasteiger partial charge in [-0.25, -0.2) is 14.2 Å². The van der Waals surface area contributed by atoms with E-state index in [1.807, 2.05) is 0 Å². The minimum atomic E-state index is -3.94. The van der Waals surface area contributed by atoms with E-state index in [2.05, 4.69) is 24.4 Å². The van der Waals surface area contributed by atoms with Crippen LogP contribution in [0.25, 0.3) is 11.2 Å². The molecule has 1 unspecified atom stereocenters. The number of anilines is 1. The van der Waals surface area contributed by atoms with Gasteiger partial charge in [0.15, 0.2) is 11.2 Å². The van der Waals surface area contributed by atoms with Gasteiger partial charge in [0.1, 0.15) is 12.2 Å². The number of nitrogens with zero attached hydrogens (tertiary/aromatic N) is 3. The molecular weight excluding hydrogens is 476 g/mol. The maximum atomic E-state index is 13.8. The van der Waals surface area contributed by atoms with Crippen molar-refractivity contribution in [1.82, 2.24) is 19.5 Å². The Morgan fingerprint density at radius 3 is 2.85 bits per heavy atom. The van der Waals surface area contributed by atoms with Crippen molar-refractivity contribution >= 4 is 30.9 Å². The first-order valence-electron chi connectivity index (χ1n) is 9.83. The number of methoxy groups -OCH3 is 1. The number of imidazole rings is 1. The van der Waals surface area contributed by atoms with Crippen LogP contribution in [-0.4, -0.2) is 52.5 Å². The van der Waals surface area contributed by atoms with Crippen LogP contribution in [0.1, 0.15) is 11.1 Å². The van der Waals surface area contributed by atoms with Crippen molar-refractivity contribution in [2.24, 2.45) is 0 Å². The fourth-order valence-corrected chi connectivity index (χ4v) is 3.83. The van der Waals surface area contributed by atoms with Gasteiger partial charge < -0.3 is 29.0 Å². The van der Waals surface area contributed by atoms with Gasteiger partial charge in [-0.15, -0.1) is 0 Å². The zero-order valence-corrected chi connectivity index (χ0v) is 19.2. The van der Waals surface area contributed by atoms with E-state index in [9.17, 15) is 18.5 Å². The van der Waals surface area contributed by atoms with Crippen molar-refractivity contribution in [3.05, 3.63) is 51.8 Å². The van der Waals surface area contributed by atoms with Crippen LogP contribution in [-0.2, 0) is 41.0 Å². The SMILES string of the molecule is COC(=O)OCOP(=O)(COCCn1cnc2c(=O)[nH]c(N)nc21)OCc1ccc(C)c(F)c1. The monoisotopic (exact) mass is 499 g/mol. The molecule has 3 rings (SSSR count). The van der Waals surface area contributed by atoms with E-state index in [1.54, 1.807) is 19.1 Å². The van der Waals surface area contributed by atoms with Crippen LogP contribution in [0.2, 0.25) is 0 Å². The highest BCUT2D eigenvalue weighted by molar-refractivity contribution is 7.53. The number of aromatic amines is 1. The fourth-order valence-electron chi connectivity index (χ4n) is 2.70. The highest BCUT2D eigenvalue weighted by atomic mass is 31.2. The lowest BCUT2D eigenvalue weighted by Crippen LogP contribution is -2.14. The number of nitrogens with one attached hydrogen (secondary N) is 1. The number of aryl methyl sites for hydroxylation is 1. The molecule has 3 N–H and O–H groups in total. The van der Waals surface area contributed by atoms with E-state index in [0.29, 0.717) is 11.1 Å². The predicted octanol–water partition coefficient (Wildman–Crippen LogP) is 2.29. The molecule has 2 heterocycles. The third-order valence-electron chi connectivity index (χ3n) is 4.48. The number of hydrogen-bond acceptors (Lipinski definition) is 11. The standard InChI is InChI=1S/C19H23FN5O8P/c1-12-3-4-13(7-14(12)20)8-32-34(28,33-10-31-19(27)29-2)11-30-6-5-25-9-22-15-16(25)23-18(21)24-17(15)26/h3-4,7,9H,5-6,8,10-11H2,1-2H3,(H3,21,23,24,26). The zero-order valence-electron chi connectivity index (χ0n) is 18.4. The third-order valence-corrected chi connectivity index (χ3v) is 6.00. The fraction of sp³-hybridized carbons (Fsp3) is 0.368. The minimum absolute atomic E-state index is 0.00751. The number of ether oxygens (including phenoxy) is 3. The zero-order chi connectivity index (χ0) is 24.7. The molecule has 15 heteroatoms. The first kappa shape index (κ1) is 25.3. The first-order chi connectivity index (χ1) is 16.2. The van der Waals surface area contributed by atoms with Crippen LogP contribution in [0, 0.1) is 12.7 Å². The number of halogens is 1. The Bertz CT molecular complexity index is 1260. The topological polar surface area (TPSA) is 170 Å². The number of aromatic nitrogens is 4. The average Bonchev–Trinajstić information content (AvgIpc) is 3.20. The number of hydrogen-bond donors (Lipinski definition) is 2.